The van der Waals surface area contributed by atoms with Crippen LogP contribution in [0.4, 0.5) is 0 Å². The highest BCUT2D eigenvalue weighted by atomic mass is 16.6. The van der Waals surface area contributed by atoms with E-state index in [2.05, 4.69) is 54.7 Å². The van der Waals surface area contributed by atoms with Crippen LogP contribution in [-0.2, 0) is 6.54 Å². The lowest BCUT2D eigenvalue weighted by atomic mass is 10.0. The molecule has 116 valence electrons. The first-order chi connectivity index (χ1) is 10.9. The normalized spacial score (nSPS) is 14.6. The van der Waals surface area contributed by atoms with Crippen LogP contribution in [0.3, 0.4) is 0 Å². The van der Waals surface area contributed by atoms with Gasteiger partial charge in [-0.2, -0.15) is 0 Å². The van der Waals surface area contributed by atoms with E-state index >= 15 is 0 Å². The molecule has 1 N–H and O–H groups in total. The Labute approximate surface area is 132 Å². The molecular formula is C19H23NO2. The van der Waals surface area contributed by atoms with Crippen molar-refractivity contribution in [2.75, 3.05) is 13.2 Å². The number of hydrogen-bond donors (Lipinski definition) is 1. The van der Waals surface area contributed by atoms with E-state index in [1.54, 1.807) is 0 Å². The molecule has 1 aliphatic heterocycles. The third-order valence-electron chi connectivity index (χ3n) is 3.94. The summed E-state index contributed by atoms with van der Waals surface area (Å²) in [4.78, 5) is 0. The van der Waals surface area contributed by atoms with Crippen molar-refractivity contribution in [1.82, 2.24) is 5.32 Å². The second-order valence-corrected chi connectivity index (χ2v) is 5.61. The predicted molar refractivity (Wildman–Crippen MR) is 88.4 cm³/mol. The number of fused-ring (bicyclic) bond motifs is 1. The van der Waals surface area contributed by atoms with E-state index in [-0.39, 0.29) is 0 Å². The van der Waals surface area contributed by atoms with Crippen LogP contribution in [0.2, 0.25) is 0 Å². The van der Waals surface area contributed by atoms with E-state index in [1.807, 2.05) is 6.07 Å². The van der Waals surface area contributed by atoms with Crippen molar-refractivity contribution in [3.63, 3.8) is 0 Å². The zero-order chi connectivity index (χ0) is 15.2. The summed E-state index contributed by atoms with van der Waals surface area (Å²) in [5.74, 6) is 1.71. The molecular weight excluding hydrogens is 274 g/mol. The summed E-state index contributed by atoms with van der Waals surface area (Å²) in [6, 6.07) is 17.2. The molecule has 0 unspecified atom stereocenters. The minimum Gasteiger partial charge on any atom is -0.486 e. The molecule has 0 fully saturated rings. The van der Waals surface area contributed by atoms with Crippen molar-refractivity contribution in [2.45, 2.75) is 32.4 Å². The summed E-state index contributed by atoms with van der Waals surface area (Å²) in [5, 5.41) is 3.66. The molecule has 1 atom stereocenters. The van der Waals surface area contributed by atoms with Crippen LogP contribution >= 0.6 is 0 Å². The van der Waals surface area contributed by atoms with Crippen LogP contribution in [0.25, 0.3) is 0 Å². The average Bonchev–Trinajstić information content (AvgIpc) is 2.59. The highest BCUT2D eigenvalue weighted by molar-refractivity contribution is 5.43. The predicted octanol–water partition coefficient (Wildman–Crippen LogP) is 4.09. The van der Waals surface area contributed by atoms with Crippen molar-refractivity contribution in [3.05, 3.63) is 59.7 Å². The van der Waals surface area contributed by atoms with Crippen LogP contribution in [0.5, 0.6) is 11.5 Å². The summed E-state index contributed by atoms with van der Waals surface area (Å²) >= 11 is 0. The fourth-order valence-corrected chi connectivity index (χ4v) is 2.80. The number of ether oxygens (including phenoxy) is 2. The van der Waals surface area contributed by atoms with Gasteiger partial charge in [-0.05, 0) is 29.7 Å². The maximum absolute atomic E-state index is 5.65. The van der Waals surface area contributed by atoms with Gasteiger partial charge in [-0.25, -0.2) is 0 Å². The van der Waals surface area contributed by atoms with E-state index in [9.17, 15) is 0 Å². The summed E-state index contributed by atoms with van der Waals surface area (Å²) in [7, 11) is 0. The van der Waals surface area contributed by atoms with Gasteiger partial charge in [-0.1, -0.05) is 49.7 Å². The van der Waals surface area contributed by atoms with E-state index in [1.165, 1.54) is 11.1 Å². The van der Waals surface area contributed by atoms with E-state index in [0.717, 1.165) is 30.9 Å². The third-order valence-corrected chi connectivity index (χ3v) is 3.94. The molecule has 3 rings (SSSR count). The molecule has 0 spiro atoms. The van der Waals surface area contributed by atoms with Crippen LogP contribution in [0.15, 0.2) is 48.5 Å². The lowest BCUT2D eigenvalue weighted by molar-refractivity contribution is 0.171. The molecule has 0 saturated carbocycles. The van der Waals surface area contributed by atoms with Crippen molar-refractivity contribution < 1.29 is 9.47 Å². The molecule has 22 heavy (non-hydrogen) atoms. The minimum atomic E-state index is 0.388. The smallest absolute Gasteiger partial charge is 0.161 e. The molecule has 2 aromatic carbocycles. The summed E-state index contributed by atoms with van der Waals surface area (Å²) in [6.45, 7) is 4.32. The van der Waals surface area contributed by atoms with Crippen molar-refractivity contribution in [1.29, 1.82) is 0 Å². The molecule has 0 aromatic heterocycles. The summed E-state index contributed by atoms with van der Waals surface area (Å²) in [6.07, 6.45) is 2.29. The van der Waals surface area contributed by atoms with E-state index < -0.39 is 0 Å². The maximum Gasteiger partial charge on any atom is 0.161 e. The van der Waals surface area contributed by atoms with Gasteiger partial charge in [-0.3, -0.25) is 0 Å². The van der Waals surface area contributed by atoms with Gasteiger partial charge in [0.1, 0.15) is 13.2 Å². The molecule has 0 aliphatic carbocycles. The highest BCUT2D eigenvalue weighted by Gasteiger charge is 2.13. The topological polar surface area (TPSA) is 30.5 Å². The molecule has 3 heteroatoms. The fourth-order valence-electron chi connectivity index (χ4n) is 2.80. The molecule has 1 heterocycles. The lowest BCUT2D eigenvalue weighted by Gasteiger charge is -2.21. The zero-order valence-electron chi connectivity index (χ0n) is 13.0. The first kappa shape index (κ1) is 14.9. The van der Waals surface area contributed by atoms with Crippen molar-refractivity contribution in [2.24, 2.45) is 0 Å². The molecule has 0 radical (unpaired) electrons. The number of benzene rings is 2. The van der Waals surface area contributed by atoms with Gasteiger partial charge in [0.15, 0.2) is 11.5 Å². The van der Waals surface area contributed by atoms with Gasteiger partial charge >= 0.3 is 0 Å². The molecule has 2 aromatic rings. The van der Waals surface area contributed by atoms with Gasteiger partial charge < -0.3 is 14.8 Å². The first-order valence-electron chi connectivity index (χ1n) is 8.03. The van der Waals surface area contributed by atoms with Gasteiger partial charge in [0.25, 0.3) is 0 Å². The van der Waals surface area contributed by atoms with Gasteiger partial charge in [-0.15, -0.1) is 0 Å². The third kappa shape index (κ3) is 3.60. The van der Waals surface area contributed by atoms with Crippen LogP contribution in [-0.4, -0.2) is 13.2 Å². The number of rotatable bonds is 6. The summed E-state index contributed by atoms with van der Waals surface area (Å²) < 4.78 is 11.2. The van der Waals surface area contributed by atoms with Crippen molar-refractivity contribution >= 4 is 0 Å². The Hall–Kier alpha value is -2.00. The standard InChI is InChI=1S/C19H23NO2/c1-2-6-17(16-7-4-3-5-8-16)20-14-15-9-10-18-19(13-15)22-12-11-21-18/h3-5,7-10,13,17,20H,2,6,11-12,14H2,1H3/t17-/m0/s1. The largest absolute Gasteiger partial charge is 0.486 e. The molecule has 0 amide bonds. The Morgan fingerprint density at radius 1 is 1.00 bits per heavy atom. The molecule has 3 nitrogen and oxygen atoms in total. The number of nitrogens with one attached hydrogen (secondary N) is 1. The zero-order valence-corrected chi connectivity index (χ0v) is 13.0. The Bertz CT molecular complexity index is 598. The maximum atomic E-state index is 5.65. The monoisotopic (exact) mass is 297 g/mol. The summed E-state index contributed by atoms with van der Waals surface area (Å²) in [5.41, 5.74) is 2.57. The van der Waals surface area contributed by atoms with Crippen LogP contribution < -0.4 is 14.8 Å². The van der Waals surface area contributed by atoms with Crippen LogP contribution in [0.1, 0.15) is 36.9 Å². The second-order valence-electron chi connectivity index (χ2n) is 5.61. The molecule has 0 bridgehead atoms. The highest BCUT2D eigenvalue weighted by Crippen LogP contribution is 2.31. The van der Waals surface area contributed by atoms with Gasteiger partial charge in [0.2, 0.25) is 0 Å². The SMILES string of the molecule is CCC[C@H](NCc1ccc2c(c1)OCCO2)c1ccccc1. The Morgan fingerprint density at radius 2 is 1.77 bits per heavy atom. The fraction of sp³-hybridized carbons (Fsp3) is 0.368. The second kappa shape index (κ2) is 7.32. The van der Waals surface area contributed by atoms with Crippen molar-refractivity contribution in [3.8, 4) is 11.5 Å². The quantitative estimate of drug-likeness (QED) is 0.871. The Kier molecular flexibility index (Phi) is 4.96. The average molecular weight is 297 g/mol. The Balaban J connectivity index is 1.67. The minimum absolute atomic E-state index is 0.388. The van der Waals surface area contributed by atoms with Crippen LogP contribution in [0, 0.1) is 0 Å². The molecule has 0 saturated heterocycles. The van der Waals surface area contributed by atoms with Gasteiger partial charge in [0, 0.05) is 12.6 Å². The lowest BCUT2D eigenvalue weighted by Crippen LogP contribution is -2.21. The van der Waals surface area contributed by atoms with E-state index in [0.29, 0.717) is 19.3 Å². The Morgan fingerprint density at radius 3 is 2.55 bits per heavy atom. The first-order valence-corrected chi connectivity index (χ1v) is 8.03. The van der Waals surface area contributed by atoms with Gasteiger partial charge in [0.05, 0.1) is 0 Å². The number of hydrogen-bond acceptors (Lipinski definition) is 3. The van der Waals surface area contributed by atoms with E-state index in [4.69, 9.17) is 9.47 Å². The molecule has 1 aliphatic rings.